The maximum Gasteiger partial charge on any atom is 0.248 e. The quantitative estimate of drug-likeness (QED) is 0.492. The minimum atomic E-state index is -3.81. The zero-order valence-electron chi connectivity index (χ0n) is 21.3. The lowest BCUT2D eigenvalue weighted by Gasteiger charge is -2.32. The van der Waals surface area contributed by atoms with Gasteiger partial charge in [0.15, 0.2) is 10.7 Å². The van der Waals surface area contributed by atoms with E-state index in [4.69, 9.17) is 4.52 Å². The molecule has 2 aromatic carbocycles. The van der Waals surface area contributed by atoms with Crippen molar-refractivity contribution >= 4 is 28.1 Å². The van der Waals surface area contributed by atoms with Crippen LogP contribution >= 0.6 is 0 Å². The van der Waals surface area contributed by atoms with Crippen molar-refractivity contribution < 1.29 is 17.7 Å². The highest BCUT2D eigenvalue weighted by atomic mass is 32.2. The zero-order chi connectivity index (χ0) is 26.0. The van der Waals surface area contributed by atoms with Gasteiger partial charge in [0, 0.05) is 19.0 Å². The highest BCUT2D eigenvalue weighted by molar-refractivity contribution is 7.89. The van der Waals surface area contributed by atoms with E-state index < -0.39 is 10.0 Å². The van der Waals surface area contributed by atoms with E-state index in [9.17, 15) is 13.2 Å². The monoisotopic (exact) mass is 519 g/mol. The summed E-state index contributed by atoms with van der Waals surface area (Å²) in [6.07, 6.45) is 7.47. The van der Waals surface area contributed by atoms with Crippen LogP contribution in [0.15, 0.2) is 57.9 Å². The number of amides is 1. The van der Waals surface area contributed by atoms with Gasteiger partial charge in [-0.1, -0.05) is 65.3 Å². The first kappa shape index (κ1) is 25.4. The molecule has 1 fully saturated rings. The highest BCUT2D eigenvalue weighted by Crippen LogP contribution is 2.32. The zero-order valence-corrected chi connectivity index (χ0v) is 22.1. The van der Waals surface area contributed by atoms with Crippen LogP contribution in [0.4, 0.5) is 0 Å². The molecule has 0 saturated carbocycles. The Morgan fingerprint density at radius 3 is 2.51 bits per heavy atom. The number of piperidine rings is 1. The van der Waals surface area contributed by atoms with Crippen LogP contribution < -0.4 is 5.32 Å². The maximum atomic E-state index is 13.6. The van der Waals surface area contributed by atoms with Crippen molar-refractivity contribution in [3.05, 3.63) is 82.2 Å². The molecule has 1 saturated heterocycles. The summed E-state index contributed by atoms with van der Waals surface area (Å²) in [6.45, 7) is 4.22. The lowest BCUT2D eigenvalue weighted by atomic mass is 9.87. The normalized spacial score (nSPS) is 19.1. The fourth-order valence-electron chi connectivity index (χ4n) is 5.33. The summed E-state index contributed by atoms with van der Waals surface area (Å²) in [4.78, 5) is 13.2. The molecule has 3 aromatic rings. The van der Waals surface area contributed by atoms with Gasteiger partial charge in [0.1, 0.15) is 5.69 Å². The van der Waals surface area contributed by atoms with Crippen LogP contribution in [-0.2, 0) is 21.2 Å². The molecule has 37 heavy (non-hydrogen) atoms. The third kappa shape index (κ3) is 5.40. The molecule has 2 heterocycles. The van der Waals surface area contributed by atoms with E-state index in [1.54, 1.807) is 13.0 Å². The summed E-state index contributed by atoms with van der Waals surface area (Å²) >= 11 is 0. The molecule has 194 valence electrons. The molecule has 2 aliphatic rings. The van der Waals surface area contributed by atoms with E-state index in [2.05, 4.69) is 22.6 Å². The average molecular weight is 520 g/mol. The van der Waals surface area contributed by atoms with E-state index >= 15 is 0 Å². The van der Waals surface area contributed by atoms with Gasteiger partial charge in [0.25, 0.3) is 0 Å². The highest BCUT2D eigenvalue weighted by Gasteiger charge is 2.36. The van der Waals surface area contributed by atoms with Crippen LogP contribution in [0.25, 0.3) is 12.2 Å². The summed E-state index contributed by atoms with van der Waals surface area (Å²) in [5.41, 5.74) is 4.93. The van der Waals surface area contributed by atoms with Crippen molar-refractivity contribution in [2.75, 3.05) is 13.1 Å². The molecule has 1 atom stereocenters. The molecule has 5 rings (SSSR count). The molecule has 1 N–H and O–H groups in total. The number of aromatic nitrogens is 1. The molecular weight excluding hydrogens is 486 g/mol. The number of nitrogens with one attached hydrogen (secondary N) is 1. The first-order valence-electron chi connectivity index (χ1n) is 12.9. The molecule has 1 aliphatic carbocycles. The standard InChI is InChI=1S/C29H33N3O4S/c1-20-10-12-22(13-11-20)14-15-27-28(21(2)31-36-27)37(34,35)32-18-16-24(17-19-32)29(33)30-26-9-5-7-23-6-3-4-8-25(23)26/h3-4,6,8,10-15,24,26H,5,7,9,16-19H2,1-2H3,(H,30,33). The van der Waals surface area contributed by atoms with Crippen molar-refractivity contribution in [3.63, 3.8) is 0 Å². The van der Waals surface area contributed by atoms with Gasteiger partial charge in [-0.25, -0.2) is 8.42 Å². The summed E-state index contributed by atoms with van der Waals surface area (Å²) in [5, 5.41) is 7.17. The van der Waals surface area contributed by atoms with Gasteiger partial charge in [0.2, 0.25) is 15.9 Å². The second-order valence-corrected chi connectivity index (χ2v) is 11.9. The molecule has 1 aliphatic heterocycles. The van der Waals surface area contributed by atoms with E-state index in [1.807, 2.05) is 49.4 Å². The van der Waals surface area contributed by atoms with Gasteiger partial charge in [-0.2, -0.15) is 4.31 Å². The van der Waals surface area contributed by atoms with Crippen molar-refractivity contribution in [3.8, 4) is 0 Å². The third-order valence-electron chi connectivity index (χ3n) is 7.45. The summed E-state index contributed by atoms with van der Waals surface area (Å²) < 4.78 is 34.0. The summed E-state index contributed by atoms with van der Waals surface area (Å²) in [6, 6.07) is 16.2. The molecule has 7 nitrogen and oxygen atoms in total. The molecule has 0 spiro atoms. The van der Waals surface area contributed by atoms with Gasteiger partial charge in [-0.05, 0) is 68.7 Å². The Morgan fingerprint density at radius 1 is 1.03 bits per heavy atom. The number of carbonyl (C=O) groups is 1. The number of benzene rings is 2. The molecule has 0 bridgehead atoms. The van der Waals surface area contributed by atoms with Crippen LogP contribution in [0.3, 0.4) is 0 Å². The Morgan fingerprint density at radius 2 is 1.76 bits per heavy atom. The van der Waals surface area contributed by atoms with Crippen LogP contribution in [0.5, 0.6) is 0 Å². The number of nitrogens with zero attached hydrogens (tertiary/aromatic N) is 2. The van der Waals surface area contributed by atoms with Gasteiger partial charge in [-0.3, -0.25) is 4.79 Å². The Bertz CT molecular complexity index is 1400. The molecule has 0 radical (unpaired) electrons. The van der Waals surface area contributed by atoms with Crippen molar-refractivity contribution in [2.24, 2.45) is 5.92 Å². The SMILES string of the molecule is Cc1ccc(C=Cc2onc(C)c2S(=O)(=O)N2CCC(C(=O)NC3CCCc4ccccc43)CC2)cc1. The Balaban J connectivity index is 1.25. The number of fused-ring (bicyclic) bond motifs is 1. The third-order valence-corrected chi connectivity index (χ3v) is 9.50. The number of hydrogen-bond acceptors (Lipinski definition) is 5. The maximum absolute atomic E-state index is 13.6. The number of aryl methyl sites for hydroxylation is 3. The lowest BCUT2D eigenvalue weighted by molar-refractivity contribution is -0.127. The van der Waals surface area contributed by atoms with E-state index in [-0.39, 0.29) is 41.6 Å². The smallest absolute Gasteiger partial charge is 0.248 e. The first-order valence-corrected chi connectivity index (χ1v) is 14.4. The summed E-state index contributed by atoms with van der Waals surface area (Å²) in [7, 11) is -3.81. The largest absolute Gasteiger partial charge is 0.355 e. The van der Waals surface area contributed by atoms with Gasteiger partial charge >= 0.3 is 0 Å². The lowest BCUT2D eigenvalue weighted by Crippen LogP contribution is -2.44. The molecule has 8 heteroatoms. The predicted molar refractivity (Wildman–Crippen MR) is 143 cm³/mol. The number of rotatable bonds is 6. The van der Waals surface area contributed by atoms with Crippen LogP contribution in [0.2, 0.25) is 0 Å². The predicted octanol–water partition coefficient (Wildman–Crippen LogP) is 5.06. The minimum Gasteiger partial charge on any atom is -0.355 e. The van der Waals surface area contributed by atoms with Crippen LogP contribution in [0.1, 0.15) is 65.4 Å². The molecule has 1 aromatic heterocycles. The van der Waals surface area contributed by atoms with Crippen molar-refractivity contribution in [1.29, 1.82) is 0 Å². The first-order chi connectivity index (χ1) is 17.8. The van der Waals surface area contributed by atoms with Gasteiger partial charge in [-0.15, -0.1) is 0 Å². The average Bonchev–Trinajstić information content (AvgIpc) is 3.29. The number of hydrogen-bond donors (Lipinski definition) is 1. The number of carbonyl (C=O) groups excluding carboxylic acids is 1. The van der Waals surface area contributed by atoms with Gasteiger partial charge in [0.05, 0.1) is 6.04 Å². The van der Waals surface area contributed by atoms with E-state index in [1.165, 1.54) is 15.4 Å². The van der Waals surface area contributed by atoms with E-state index in [0.717, 1.165) is 30.4 Å². The topological polar surface area (TPSA) is 92.5 Å². The molecule has 1 unspecified atom stereocenters. The Kier molecular flexibility index (Phi) is 7.31. The van der Waals surface area contributed by atoms with Crippen LogP contribution in [0, 0.1) is 19.8 Å². The molecule has 1 amide bonds. The Hall–Kier alpha value is -3.23. The second kappa shape index (κ2) is 10.6. The minimum absolute atomic E-state index is 0.0154. The fourth-order valence-corrected chi connectivity index (χ4v) is 7.05. The summed E-state index contributed by atoms with van der Waals surface area (Å²) in [5.74, 6) is 0.0283. The van der Waals surface area contributed by atoms with Gasteiger partial charge < -0.3 is 9.84 Å². The van der Waals surface area contributed by atoms with E-state index in [0.29, 0.717) is 18.5 Å². The molecular formula is C29H33N3O4S. The fraction of sp³-hybridized carbons (Fsp3) is 0.379. The van der Waals surface area contributed by atoms with Crippen molar-refractivity contribution in [2.45, 2.75) is 56.9 Å². The van der Waals surface area contributed by atoms with Crippen LogP contribution in [-0.4, -0.2) is 36.9 Å². The second-order valence-electron chi connectivity index (χ2n) is 10.0. The Labute approximate surface area is 218 Å². The number of sulfonamides is 1. The van der Waals surface area contributed by atoms with Crippen molar-refractivity contribution in [1.82, 2.24) is 14.8 Å².